The fraction of sp³-hybridized carbons (Fsp3) is 0.0909. The van der Waals surface area contributed by atoms with Gasteiger partial charge in [-0.2, -0.15) is 0 Å². The molecule has 0 saturated heterocycles. The Bertz CT molecular complexity index is 988. The first-order valence-corrected chi connectivity index (χ1v) is 7.73. The minimum absolute atomic E-state index is 1.30. The van der Waals surface area contributed by atoms with E-state index >= 15 is 0 Å². The lowest BCUT2D eigenvalue weighted by Gasteiger charge is -2.15. The van der Waals surface area contributed by atoms with Crippen molar-refractivity contribution in [2.45, 2.75) is 13.8 Å². The van der Waals surface area contributed by atoms with E-state index in [1.807, 2.05) is 0 Å². The molecule has 0 N–H and O–H groups in total. The predicted molar refractivity (Wildman–Crippen MR) is 96.4 cm³/mol. The quantitative estimate of drug-likeness (QED) is 0.385. The first-order valence-electron chi connectivity index (χ1n) is 7.73. The first kappa shape index (κ1) is 13.1. The molecule has 0 aliphatic carbocycles. The molecule has 0 radical (unpaired) electrons. The Morgan fingerprint density at radius 2 is 1.27 bits per heavy atom. The summed E-state index contributed by atoms with van der Waals surface area (Å²) in [5.41, 5.74) is 5.36. The van der Waals surface area contributed by atoms with E-state index in [9.17, 15) is 0 Å². The van der Waals surface area contributed by atoms with Crippen molar-refractivity contribution in [2.75, 3.05) is 0 Å². The molecule has 4 aromatic rings. The molecule has 0 heterocycles. The van der Waals surface area contributed by atoms with Crippen LogP contribution in [0.5, 0.6) is 0 Å². The standard InChI is InChI=1S/C22H18/c1-15-7-5-9-18-10-6-12-20(21(15)18)22-16(2)13-14-17-8-3-4-11-19(17)22/h3-14H,1-2H3. The summed E-state index contributed by atoms with van der Waals surface area (Å²) < 4.78 is 0. The summed E-state index contributed by atoms with van der Waals surface area (Å²) in [6.45, 7) is 4.41. The Hall–Kier alpha value is -2.60. The fourth-order valence-corrected chi connectivity index (χ4v) is 3.47. The molecule has 4 rings (SSSR count). The zero-order valence-electron chi connectivity index (χ0n) is 12.9. The van der Waals surface area contributed by atoms with Crippen molar-refractivity contribution in [3.63, 3.8) is 0 Å². The summed E-state index contributed by atoms with van der Waals surface area (Å²) in [5.74, 6) is 0. The van der Waals surface area contributed by atoms with Gasteiger partial charge in [0.2, 0.25) is 0 Å². The highest BCUT2D eigenvalue weighted by molar-refractivity contribution is 6.07. The zero-order valence-corrected chi connectivity index (χ0v) is 12.9. The second kappa shape index (κ2) is 4.99. The second-order valence-electron chi connectivity index (χ2n) is 5.96. The highest BCUT2D eigenvalue weighted by atomic mass is 14.1. The molecule has 0 unspecified atom stereocenters. The van der Waals surface area contributed by atoms with E-state index in [1.165, 1.54) is 43.8 Å². The highest BCUT2D eigenvalue weighted by Crippen LogP contribution is 2.37. The van der Waals surface area contributed by atoms with Gasteiger partial charge in [-0.3, -0.25) is 0 Å². The highest BCUT2D eigenvalue weighted by Gasteiger charge is 2.11. The van der Waals surface area contributed by atoms with Crippen LogP contribution in [0, 0.1) is 13.8 Å². The van der Waals surface area contributed by atoms with Gasteiger partial charge in [-0.05, 0) is 57.6 Å². The number of rotatable bonds is 1. The molecule has 0 bridgehead atoms. The number of hydrogen-bond acceptors (Lipinski definition) is 0. The predicted octanol–water partition coefficient (Wildman–Crippen LogP) is 6.28. The van der Waals surface area contributed by atoms with Gasteiger partial charge in [-0.25, -0.2) is 0 Å². The minimum Gasteiger partial charge on any atom is -0.0616 e. The van der Waals surface area contributed by atoms with Crippen molar-refractivity contribution < 1.29 is 0 Å². The van der Waals surface area contributed by atoms with Crippen molar-refractivity contribution in [3.8, 4) is 11.1 Å². The number of benzene rings is 4. The van der Waals surface area contributed by atoms with Crippen LogP contribution in [0.15, 0.2) is 72.8 Å². The number of aryl methyl sites for hydroxylation is 2. The van der Waals surface area contributed by atoms with Crippen LogP contribution < -0.4 is 0 Å². The first-order chi connectivity index (χ1) is 10.8. The van der Waals surface area contributed by atoms with E-state index in [4.69, 9.17) is 0 Å². The topological polar surface area (TPSA) is 0 Å². The molecule has 0 aromatic heterocycles. The van der Waals surface area contributed by atoms with Gasteiger partial charge >= 0.3 is 0 Å². The average Bonchev–Trinajstić information content (AvgIpc) is 2.55. The third-order valence-corrected chi connectivity index (χ3v) is 4.52. The van der Waals surface area contributed by atoms with Crippen molar-refractivity contribution in [1.29, 1.82) is 0 Å². The van der Waals surface area contributed by atoms with Gasteiger partial charge in [0.05, 0.1) is 0 Å². The Morgan fingerprint density at radius 3 is 2.14 bits per heavy atom. The Balaban J connectivity index is 2.19. The summed E-state index contributed by atoms with van der Waals surface area (Å²) in [4.78, 5) is 0. The fourth-order valence-electron chi connectivity index (χ4n) is 3.47. The Kier molecular flexibility index (Phi) is 2.97. The second-order valence-corrected chi connectivity index (χ2v) is 5.96. The molecule has 0 aliphatic rings. The maximum atomic E-state index is 2.25. The van der Waals surface area contributed by atoms with Gasteiger partial charge in [-0.1, -0.05) is 72.8 Å². The molecule has 0 saturated carbocycles. The van der Waals surface area contributed by atoms with Gasteiger partial charge in [0, 0.05) is 0 Å². The third-order valence-electron chi connectivity index (χ3n) is 4.52. The summed E-state index contributed by atoms with van der Waals surface area (Å²) in [6, 6.07) is 26.3. The molecule has 0 spiro atoms. The van der Waals surface area contributed by atoms with Crippen LogP contribution in [-0.2, 0) is 0 Å². The number of fused-ring (bicyclic) bond motifs is 2. The van der Waals surface area contributed by atoms with E-state index in [1.54, 1.807) is 0 Å². The molecule has 0 aliphatic heterocycles. The van der Waals surface area contributed by atoms with Crippen LogP contribution in [0.4, 0.5) is 0 Å². The van der Waals surface area contributed by atoms with Crippen LogP contribution in [0.1, 0.15) is 11.1 Å². The van der Waals surface area contributed by atoms with Crippen molar-refractivity contribution in [2.24, 2.45) is 0 Å². The monoisotopic (exact) mass is 282 g/mol. The van der Waals surface area contributed by atoms with Crippen molar-refractivity contribution >= 4 is 21.5 Å². The van der Waals surface area contributed by atoms with Crippen LogP contribution in [0.3, 0.4) is 0 Å². The molecule has 0 amide bonds. The summed E-state index contributed by atoms with van der Waals surface area (Å²) >= 11 is 0. The molecule has 0 atom stereocenters. The van der Waals surface area contributed by atoms with Crippen molar-refractivity contribution in [3.05, 3.63) is 83.9 Å². The van der Waals surface area contributed by atoms with Crippen LogP contribution >= 0.6 is 0 Å². The average molecular weight is 282 g/mol. The lowest BCUT2D eigenvalue weighted by Crippen LogP contribution is -1.89. The molecule has 0 heteroatoms. The maximum absolute atomic E-state index is 2.25. The van der Waals surface area contributed by atoms with Crippen LogP contribution in [0.2, 0.25) is 0 Å². The summed E-state index contributed by atoms with van der Waals surface area (Å²) in [7, 11) is 0. The smallest absolute Gasteiger partial charge is 0.00698 e. The molecule has 22 heavy (non-hydrogen) atoms. The van der Waals surface area contributed by atoms with Gasteiger partial charge < -0.3 is 0 Å². The number of hydrogen-bond donors (Lipinski definition) is 0. The van der Waals surface area contributed by atoms with Gasteiger partial charge in [0.1, 0.15) is 0 Å². The lowest BCUT2D eigenvalue weighted by molar-refractivity contribution is 1.48. The molecule has 4 aromatic carbocycles. The third kappa shape index (κ3) is 1.92. The molecular weight excluding hydrogens is 264 g/mol. The van der Waals surface area contributed by atoms with Gasteiger partial charge in [0.15, 0.2) is 0 Å². The minimum atomic E-state index is 1.30. The van der Waals surface area contributed by atoms with Gasteiger partial charge in [0.25, 0.3) is 0 Å². The molecule has 0 nitrogen and oxygen atoms in total. The molecule has 0 fully saturated rings. The zero-order chi connectivity index (χ0) is 15.1. The largest absolute Gasteiger partial charge is 0.0616 e. The Morgan fingerprint density at radius 1 is 0.545 bits per heavy atom. The lowest BCUT2D eigenvalue weighted by atomic mass is 9.89. The summed E-state index contributed by atoms with van der Waals surface area (Å²) in [5, 5.41) is 5.31. The van der Waals surface area contributed by atoms with Crippen LogP contribution in [0.25, 0.3) is 32.7 Å². The summed E-state index contributed by atoms with van der Waals surface area (Å²) in [6.07, 6.45) is 0. The van der Waals surface area contributed by atoms with E-state index in [-0.39, 0.29) is 0 Å². The van der Waals surface area contributed by atoms with Crippen molar-refractivity contribution in [1.82, 2.24) is 0 Å². The maximum Gasteiger partial charge on any atom is -0.00698 e. The van der Waals surface area contributed by atoms with E-state index in [0.717, 1.165) is 0 Å². The molecular formula is C22H18. The molecule has 106 valence electrons. The van der Waals surface area contributed by atoms with E-state index < -0.39 is 0 Å². The normalized spacial score (nSPS) is 11.2. The van der Waals surface area contributed by atoms with E-state index in [0.29, 0.717) is 0 Å². The van der Waals surface area contributed by atoms with Crippen LogP contribution in [-0.4, -0.2) is 0 Å². The van der Waals surface area contributed by atoms with E-state index in [2.05, 4.69) is 86.6 Å². The SMILES string of the molecule is Cc1ccc2ccccc2c1-c1cccc2cccc(C)c12. The Labute approximate surface area is 131 Å². The van der Waals surface area contributed by atoms with Gasteiger partial charge in [-0.15, -0.1) is 0 Å².